The molecule has 0 saturated heterocycles. The van der Waals surface area contributed by atoms with E-state index in [1.165, 1.54) is 23.8 Å². The normalized spacial score (nSPS) is 16.7. The van der Waals surface area contributed by atoms with Gasteiger partial charge in [0, 0.05) is 16.6 Å². The van der Waals surface area contributed by atoms with E-state index in [1.54, 1.807) is 12.1 Å². The van der Waals surface area contributed by atoms with Gasteiger partial charge in [-0.05, 0) is 42.5 Å². The van der Waals surface area contributed by atoms with Crippen LogP contribution in [-0.4, -0.2) is 21.9 Å². The molecule has 1 unspecified atom stereocenters. The van der Waals surface area contributed by atoms with Crippen molar-refractivity contribution in [2.45, 2.75) is 50.4 Å². The Hall–Kier alpha value is -2.55. The number of H-pyrrole nitrogens is 1. The number of imidazole rings is 1. The summed E-state index contributed by atoms with van der Waals surface area (Å²) in [6.45, 7) is 0. The Kier molecular flexibility index (Phi) is 5.49. The fraction of sp³-hybridized carbons (Fsp3) is 0.400. The summed E-state index contributed by atoms with van der Waals surface area (Å²) in [5.74, 6) is -1.16. The Morgan fingerprint density at radius 1 is 1.21 bits per heavy atom. The van der Waals surface area contributed by atoms with Crippen molar-refractivity contribution in [2.75, 3.05) is 5.32 Å². The standard InChI is InChI=1S/C20H21F3N4OS/c21-20(22,23)19-26-14-9-8-13(11-15(14)27-19)24-17(16-7-4-10-29-16)18(28)25-12-5-2-1-3-6-12/h4,7-12,17,24H,1-3,5-6H2,(H,25,28)(H,26,27). The predicted octanol–water partition coefficient (Wildman–Crippen LogP) is 5.25. The van der Waals surface area contributed by atoms with Crippen LogP contribution in [0.2, 0.25) is 0 Å². The van der Waals surface area contributed by atoms with E-state index in [0.29, 0.717) is 5.69 Å². The summed E-state index contributed by atoms with van der Waals surface area (Å²) in [4.78, 5) is 19.7. The first kappa shape index (κ1) is 19.8. The second kappa shape index (κ2) is 8.06. The molecule has 1 aliphatic rings. The number of carbonyl (C=O) groups excluding carboxylic acids is 1. The van der Waals surface area contributed by atoms with Crippen molar-refractivity contribution in [1.82, 2.24) is 15.3 Å². The molecule has 1 fully saturated rings. The van der Waals surface area contributed by atoms with E-state index in [9.17, 15) is 18.0 Å². The molecule has 1 aliphatic carbocycles. The van der Waals surface area contributed by atoms with Gasteiger partial charge in [0.2, 0.25) is 11.7 Å². The third-order valence-electron chi connectivity index (χ3n) is 5.10. The Morgan fingerprint density at radius 3 is 2.69 bits per heavy atom. The minimum Gasteiger partial charge on any atom is -0.369 e. The van der Waals surface area contributed by atoms with Crippen molar-refractivity contribution in [3.63, 3.8) is 0 Å². The zero-order valence-electron chi connectivity index (χ0n) is 15.6. The zero-order valence-corrected chi connectivity index (χ0v) is 16.4. The third kappa shape index (κ3) is 4.55. The third-order valence-corrected chi connectivity index (χ3v) is 6.04. The van der Waals surface area contributed by atoms with E-state index in [-0.39, 0.29) is 23.0 Å². The van der Waals surface area contributed by atoms with Crippen LogP contribution in [0.25, 0.3) is 11.0 Å². The molecule has 5 nitrogen and oxygen atoms in total. The first-order chi connectivity index (χ1) is 13.9. The molecule has 154 valence electrons. The molecule has 0 spiro atoms. The van der Waals surface area contributed by atoms with E-state index in [0.717, 1.165) is 30.6 Å². The number of nitrogens with one attached hydrogen (secondary N) is 3. The Balaban J connectivity index is 1.56. The molecule has 2 aromatic heterocycles. The van der Waals surface area contributed by atoms with Gasteiger partial charge in [-0.1, -0.05) is 25.3 Å². The summed E-state index contributed by atoms with van der Waals surface area (Å²) in [6.07, 6.45) is 0.835. The number of benzene rings is 1. The number of hydrogen-bond acceptors (Lipinski definition) is 4. The van der Waals surface area contributed by atoms with Crippen molar-refractivity contribution in [1.29, 1.82) is 0 Å². The van der Waals surface area contributed by atoms with Crippen LogP contribution in [0.5, 0.6) is 0 Å². The van der Waals surface area contributed by atoms with E-state index in [4.69, 9.17) is 0 Å². The number of hydrogen-bond donors (Lipinski definition) is 3. The summed E-state index contributed by atoms with van der Waals surface area (Å²) >= 11 is 1.46. The Morgan fingerprint density at radius 2 is 2.00 bits per heavy atom. The van der Waals surface area contributed by atoms with Crippen LogP contribution in [-0.2, 0) is 11.0 Å². The highest BCUT2D eigenvalue weighted by Crippen LogP contribution is 2.31. The van der Waals surface area contributed by atoms with Crippen molar-refractivity contribution in [2.24, 2.45) is 0 Å². The van der Waals surface area contributed by atoms with Crippen LogP contribution in [0.4, 0.5) is 18.9 Å². The number of amides is 1. The van der Waals surface area contributed by atoms with Crippen LogP contribution in [0.1, 0.15) is 48.8 Å². The molecule has 1 saturated carbocycles. The fourth-order valence-electron chi connectivity index (χ4n) is 3.65. The van der Waals surface area contributed by atoms with Crippen LogP contribution in [0.15, 0.2) is 35.7 Å². The fourth-order valence-corrected chi connectivity index (χ4v) is 4.43. The largest absolute Gasteiger partial charge is 0.449 e. The minimum atomic E-state index is -4.54. The number of nitrogens with zero attached hydrogens (tertiary/aromatic N) is 1. The van der Waals surface area contributed by atoms with Gasteiger partial charge in [0.15, 0.2) is 0 Å². The van der Waals surface area contributed by atoms with E-state index in [2.05, 4.69) is 20.6 Å². The molecule has 1 atom stereocenters. The number of halogens is 3. The molecule has 1 aromatic carbocycles. The molecule has 1 amide bonds. The SMILES string of the molecule is O=C(NC1CCCCC1)C(Nc1ccc2nc(C(F)(F)F)[nH]c2c1)c1cccs1. The van der Waals surface area contributed by atoms with Gasteiger partial charge < -0.3 is 15.6 Å². The van der Waals surface area contributed by atoms with Gasteiger partial charge in [0.25, 0.3) is 0 Å². The van der Waals surface area contributed by atoms with Crippen molar-refractivity contribution in [3.05, 3.63) is 46.4 Å². The highest BCUT2D eigenvalue weighted by atomic mass is 32.1. The van der Waals surface area contributed by atoms with Crippen LogP contribution >= 0.6 is 11.3 Å². The second-order valence-corrected chi connectivity index (χ2v) is 8.23. The number of aromatic amines is 1. The van der Waals surface area contributed by atoms with Gasteiger partial charge in [0.1, 0.15) is 6.04 Å². The summed E-state index contributed by atoms with van der Waals surface area (Å²) in [7, 11) is 0. The maximum atomic E-state index is 13.0. The molecule has 29 heavy (non-hydrogen) atoms. The van der Waals surface area contributed by atoms with Gasteiger partial charge in [-0.2, -0.15) is 13.2 Å². The highest BCUT2D eigenvalue weighted by molar-refractivity contribution is 7.10. The lowest BCUT2D eigenvalue weighted by molar-refractivity contribution is -0.144. The number of carbonyl (C=O) groups is 1. The maximum absolute atomic E-state index is 13.0. The molecule has 3 N–H and O–H groups in total. The molecule has 2 heterocycles. The van der Waals surface area contributed by atoms with Gasteiger partial charge >= 0.3 is 6.18 Å². The Labute approximate surface area is 169 Å². The highest BCUT2D eigenvalue weighted by Gasteiger charge is 2.34. The topological polar surface area (TPSA) is 69.8 Å². The molecule has 9 heteroatoms. The molecular formula is C20H21F3N4OS. The van der Waals surface area contributed by atoms with E-state index >= 15 is 0 Å². The lowest BCUT2D eigenvalue weighted by Crippen LogP contribution is -2.41. The van der Waals surface area contributed by atoms with Crippen molar-refractivity contribution in [3.8, 4) is 0 Å². The van der Waals surface area contributed by atoms with E-state index in [1.807, 2.05) is 17.5 Å². The van der Waals surface area contributed by atoms with Crippen molar-refractivity contribution < 1.29 is 18.0 Å². The monoisotopic (exact) mass is 422 g/mol. The number of anilines is 1. The number of aromatic nitrogens is 2. The lowest BCUT2D eigenvalue weighted by Gasteiger charge is -2.26. The van der Waals surface area contributed by atoms with Crippen molar-refractivity contribution >= 4 is 34.0 Å². The van der Waals surface area contributed by atoms with Crippen LogP contribution < -0.4 is 10.6 Å². The first-order valence-electron chi connectivity index (χ1n) is 9.57. The molecular weight excluding hydrogens is 401 g/mol. The van der Waals surface area contributed by atoms with Crippen LogP contribution in [0, 0.1) is 0 Å². The minimum absolute atomic E-state index is 0.125. The molecule has 3 aromatic rings. The number of alkyl halides is 3. The average molecular weight is 422 g/mol. The average Bonchev–Trinajstić information content (AvgIpc) is 3.36. The maximum Gasteiger partial charge on any atom is 0.449 e. The summed E-state index contributed by atoms with van der Waals surface area (Å²) in [5, 5.41) is 8.20. The first-order valence-corrected chi connectivity index (χ1v) is 10.5. The number of thiophene rings is 1. The summed E-state index contributed by atoms with van der Waals surface area (Å²) in [5.41, 5.74) is 1.04. The van der Waals surface area contributed by atoms with E-state index < -0.39 is 18.0 Å². The quantitative estimate of drug-likeness (QED) is 0.526. The van der Waals surface area contributed by atoms with Gasteiger partial charge in [-0.3, -0.25) is 4.79 Å². The number of fused-ring (bicyclic) bond motifs is 1. The summed E-state index contributed by atoms with van der Waals surface area (Å²) < 4.78 is 38.7. The number of rotatable bonds is 5. The predicted molar refractivity (Wildman–Crippen MR) is 107 cm³/mol. The molecule has 0 radical (unpaired) electrons. The lowest BCUT2D eigenvalue weighted by atomic mass is 9.95. The molecule has 0 aliphatic heterocycles. The van der Waals surface area contributed by atoms with Crippen LogP contribution in [0.3, 0.4) is 0 Å². The van der Waals surface area contributed by atoms with Gasteiger partial charge in [-0.15, -0.1) is 11.3 Å². The van der Waals surface area contributed by atoms with Gasteiger partial charge in [-0.25, -0.2) is 4.98 Å². The van der Waals surface area contributed by atoms with Gasteiger partial charge in [0.05, 0.1) is 11.0 Å². The second-order valence-electron chi connectivity index (χ2n) is 7.25. The smallest absolute Gasteiger partial charge is 0.369 e. The summed E-state index contributed by atoms with van der Waals surface area (Å²) in [6, 6.07) is 8.00. The molecule has 4 rings (SSSR count). The molecule has 0 bridgehead atoms. The zero-order chi connectivity index (χ0) is 20.4. The Bertz CT molecular complexity index is 977.